The number of amides is 1. The Morgan fingerprint density at radius 1 is 1.00 bits per heavy atom. The number of carbonyl (C=O) groups excluding carboxylic acids is 1. The van der Waals surface area contributed by atoms with Crippen LogP contribution in [0.15, 0.2) is 54.6 Å². The fourth-order valence-corrected chi connectivity index (χ4v) is 4.13. The highest BCUT2D eigenvalue weighted by atomic mass is 16.1. The molecule has 3 aromatic carbocycles. The second kappa shape index (κ2) is 8.12. The second-order valence-corrected chi connectivity index (χ2v) is 7.70. The molecular weight excluding hydrogens is 356 g/mol. The molecule has 0 aliphatic rings. The Kier molecular flexibility index (Phi) is 5.39. The summed E-state index contributed by atoms with van der Waals surface area (Å²) in [4.78, 5) is 12.1. The molecule has 0 fully saturated rings. The highest BCUT2D eigenvalue weighted by Crippen LogP contribution is 2.33. The van der Waals surface area contributed by atoms with E-state index in [1.165, 1.54) is 16.7 Å². The number of benzene rings is 3. The normalized spacial score (nSPS) is 11.4. The number of aromatic nitrogens is 1. The van der Waals surface area contributed by atoms with Gasteiger partial charge in [0.15, 0.2) is 0 Å². The smallest absolute Gasteiger partial charge is 0.249 e. The van der Waals surface area contributed by atoms with Crippen molar-refractivity contribution in [3.05, 3.63) is 82.9 Å². The van der Waals surface area contributed by atoms with Gasteiger partial charge in [0, 0.05) is 22.9 Å². The Morgan fingerprint density at radius 2 is 1.79 bits per heavy atom. The lowest BCUT2D eigenvalue weighted by atomic mass is 10.0. The Balaban J connectivity index is 1.95. The summed E-state index contributed by atoms with van der Waals surface area (Å²) in [6, 6.07) is 22.3. The highest BCUT2D eigenvalue weighted by Gasteiger charge is 2.17. The third kappa shape index (κ3) is 3.65. The summed E-state index contributed by atoms with van der Waals surface area (Å²) in [5, 5.41) is 1.88. The van der Waals surface area contributed by atoms with Crippen molar-refractivity contribution in [2.24, 2.45) is 5.73 Å². The minimum Gasteiger partial charge on any atom is -0.366 e. The predicted octanol–water partition coefficient (Wildman–Crippen LogP) is 5.65. The largest absolute Gasteiger partial charge is 0.366 e. The van der Waals surface area contributed by atoms with Crippen molar-refractivity contribution in [1.82, 2.24) is 4.57 Å². The molecule has 2 N–H and O–H groups in total. The first kappa shape index (κ1) is 19.3. The van der Waals surface area contributed by atoms with E-state index in [1.54, 1.807) is 0 Å². The van der Waals surface area contributed by atoms with Crippen LogP contribution in [0.5, 0.6) is 0 Å². The van der Waals surface area contributed by atoms with Crippen molar-refractivity contribution < 1.29 is 4.79 Å². The molecular formula is C26H27N2O. The van der Waals surface area contributed by atoms with Crippen LogP contribution in [-0.4, -0.2) is 10.5 Å². The number of fused-ring (bicyclic) bond motifs is 3. The van der Waals surface area contributed by atoms with Gasteiger partial charge in [-0.3, -0.25) is 4.79 Å². The van der Waals surface area contributed by atoms with Gasteiger partial charge < -0.3 is 10.3 Å². The molecule has 0 atom stereocenters. The monoisotopic (exact) mass is 383 g/mol. The van der Waals surface area contributed by atoms with Gasteiger partial charge in [0.25, 0.3) is 0 Å². The maximum absolute atomic E-state index is 12.1. The van der Waals surface area contributed by atoms with E-state index in [2.05, 4.69) is 66.9 Å². The number of nitrogens with two attached hydrogens (primary N) is 1. The Labute approximate surface area is 172 Å². The van der Waals surface area contributed by atoms with Gasteiger partial charge >= 0.3 is 0 Å². The maximum atomic E-state index is 12.1. The fraction of sp³-hybridized carbons (Fsp3) is 0.269. The second-order valence-electron chi connectivity index (χ2n) is 7.70. The molecule has 0 aliphatic carbocycles. The van der Waals surface area contributed by atoms with Gasteiger partial charge in [-0.05, 0) is 60.2 Å². The van der Waals surface area contributed by atoms with Gasteiger partial charge in [0.05, 0.1) is 11.0 Å². The molecule has 0 spiro atoms. The fourth-order valence-electron chi connectivity index (χ4n) is 4.13. The quantitative estimate of drug-likeness (QED) is 0.441. The molecule has 147 valence electrons. The number of primary amides is 1. The van der Waals surface area contributed by atoms with E-state index >= 15 is 0 Å². The lowest BCUT2D eigenvalue weighted by Crippen LogP contribution is -2.11. The summed E-state index contributed by atoms with van der Waals surface area (Å²) >= 11 is 0. The molecule has 0 saturated heterocycles. The van der Waals surface area contributed by atoms with Crippen LogP contribution < -0.4 is 5.73 Å². The zero-order valence-corrected chi connectivity index (χ0v) is 17.2. The first-order chi connectivity index (χ1) is 14.1. The first-order valence-corrected chi connectivity index (χ1v) is 10.5. The van der Waals surface area contributed by atoms with Crippen molar-refractivity contribution in [1.29, 1.82) is 0 Å². The zero-order chi connectivity index (χ0) is 20.4. The average molecular weight is 384 g/mol. The number of carbonyl (C=O) groups is 1. The van der Waals surface area contributed by atoms with Crippen LogP contribution in [0, 0.1) is 6.07 Å². The van der Waals surface area contributed by atoms with Crippen LogP contribution >= 0.6 is 0 Å². The van der Waals surface area contributed by atoms with Gasteiger partial charge in [-0.25, -0.2) is 0 Å². The van der Waals surface area contributed by atoms with Crippen LogP contribution in [0.2, 0.25) is 0 Å². The van der Waals surface area contributed by atoms with Gasteiger partial charge in [-0.15, -0.1) is 0 Å². The number of nitrogens with zero attached hydrogens (tertiary/aromatic N) is 1. The van der Waals surface area contributed by atoms with E-state index in [0.717, 1.165) is 54.0 Å². The van der Waals surface area contributed by atoms with Crippen molar-refractivity contribution in [3.8, 4) is 0 Å². The lowest BCUT2D eigenvalue weighted by molar-refractivity contribution is 0.100. The number of aryl methyl sites for hydroxylation is 2. The van der Waals surface area contributed by atoms with Gasteiger partial charge in [0.2, 0.25) is 5.91 Å². The molecule has 0 saturated carbocycles. The van der Waals surface area contributed by atoms with Crippen molar-refractivity contribution >= 4 is 27.7 Å². The minimum atomic E-state index is -0.397. The van der Waals surface area contributed by atoms with Crippen molar-refractivity contribution in [3.63, 3.8) is 0 Å². The summed E-state index contributed by atoms with van der Waals surface area (Å²) in [6.07, 6.45) is 4.38. The summed E-state index contributed by atoms with van der Waals surface area (Å²) < 4.78 is 2.30. The molecule has 1 amide bonds. The third-order valence-corrected chi connectivity index (χ3v) is 5.68. The van der Waals surface area contributed by atoms with E-state index in [0.29, 0.717) is 5.56 Å². The molecule has 0 unspecified atom stereocenters. The SMILES string of the molecule is CCCCc1c[c]c2c3c(C(N)=O)cccc3n(Cc3cccc(CC)c3)c2c1. The molecule has 4 aromatic rings. The Bertz CT molecular complexity index is 1190. The lowest BCUT2D eigenvalue weighted by Gasteiger charge is -2.10. The van der Waals surface area contributed by atoms with E-state index in [1.807, 2.05) is 12.1 Å². The molecule has 1 radical (unpaired) electrons. The van der Waals surface area contributed by atoms with E-state index in [9.17, 15) is 4.79 Å². The number of hydrogen-bond acceptors (Lipinski definition) is 1. The van der Waals surface area contributed by atoms with E-state index in [4.69, 9.17) is 5.73 Å². The summed E-state index contributed by atoms with van der Waals surface area (Å²) in [5.41, 5.74) is 12.3. The van der Waals surface area contributed by atoms with E-state index in [-0.39, 0.29) is 0 Å². The maximum Gasteiger partial charge on any atom is 0.249 e. The third-order valence-electron chi connectivity index (χ3n) is 5.68. The van der Waals surface area contributed by atoms with Gasteiger partial charge in [0.1, 0.15) is 0 Å². The van der Waals surface area contributed by atoms with Crippen LogP contribution in [0.25, 0.3) is 21.8 Å². The van der Waals surface area contributed by atoms with Crippen LogP contribution in [0.1, 0.15) is 53.7 Å². The molecule has 4 rings (SSSR count). The van der Waals surface area contributed by atoms with Crippen LogP contribution in [0.4, 0.5) is 0 Å². The minimum absolute atomic E-state index is 0.397. The molecule has 0 bridgehead atoms. The number of hydrogen-bond donors (Lipinski definition) is 1. The van der Waals surface area contributed by atoms with Gasteiger partial charge in [-0.2, -0.15) is 0 Å². The number of rotatable bonds is 7. The summed E-state index contributed by atoms with van der Waals surface area (Å²) in [5.74, 6) is -0.397. The highest BCUT2D eigenvalue weighted by molar-refractivity contribution is 6.17. The molecule has 29 heavy (non-hydrogen) atoms. The molecule has 1 aromatic heterocycles. The first-order valence-electron chi connectivity index (χ1n) is 10.5. The number of unbranched alkanes of at least 4 members (excludes halogenated alkanes) is 1. The molecule has 3 heteroatoms. The van der Waals surface area contributed by atoms with Crippen LogP contribution in [0.3, 0.4) is 0 Å². The molecule has 1 heterocycles. The van der Waals surface area contributed by atoms with Crippen molar-refractivity contribution in [2.75, 3.05) is 0 Å². The average Bonchev–Trinajstić information content (AvgIpc) is 3.05. The molecule has 0 aliphatic heterocycles. The van der Waals surface area contributed by atoms with Crippen molar-refractivity contribution in [2.45, 2.75) is 46.1 Å². The summed E-state index contributed by atoms with van der Waals surface area (Å²) in [6.45, 7) is 5.13. The molecule has 3 nitrogen and oxygen atoms in total. The Morgan fingerprint density at radius 3 is 2.55 bits per heavy atom. The van der Waals surface area contributed by atoms with E-state index < -0.39 is 5.91 Å². The predicted molar refractivity (Wildman–Crippen MR) is 120 cm³/mol. The standard InChI is InChI=1S/C26H27N2O/c1-3-5-8-19-13-14-21-24(16-19)28(17-20-10-6-9-18(4-2)15-20)23-12-7-11-22(25(21)23)26(27)29/h6-7,9-13,15-16H,3-5,8,17H2,1-2H3,(H2,27,29). The van der Waals surface area contributed by atoms with Gasteiger partial charge in [-0.1, -0.05) is 56.7 Å². The topological polar surface area (TPSA) is 48.0 Å². The summed E-state index contributed by atoms with van der Waals surface area (Å²) in [7, 11) is 0. The van der Waals surface area contributed by atoms with Crippen LogP contribution in [-0.2, 0) is 19.4 Å². The zero-order valence-electron chi connectivity index (χ0n) is 17.2. The Hall–Kier alpha value is -3.07.